The third kappa shape index (κ3) is 4.20. The van der Waals surface area contributed by atoms with Gasteiger partial charge in [0.2, 0.25) is 5.91 Å². The molecular weight excluding hydrogens is 407 g/mol. The van der Waals surface area contributed by atoms with Crippen LogP contribution in [0.4, 0.5) is 10.1 Å². The Bertz CT molecular complexity index is 975. The Morgan fingerprint density at radius 1 is 1.20 bits per heavy atom. The zero-order valence-corrected chi connectivity index (χ0v) is 17.5. The molecule has 2 heterocycles. The van der Waals surface area contributed by atoms with E-state index < -0.39 is 5.82 Å². The standard InChI is InChI=1S/C23H24ClFN2O3/c1-14(26-22(28)18-2-4-20(25)19(24)13-18)16-3-5-21-17(12-16)6-9-27(21)23(29)15-7-10-30-11-8-15/h2-5,12-15H,6-11H2,1H3,(H,26,28). The minimum Gasteiger partial charge on any atom is -0.381 e. The van der Waals surface area contributed by atoms with Gasteiger partial charge in [-0.2, -0.15) is 0 Å². The maximum Gasteiger partial charge on any atom is 0.251 e. The molecule has 0 bridgehead atoms. The van der Waals surface area contributed by atoms with E-state index >= 15 is 0 Å². The molecule has 0 radical (unpaired) electrons. The van der Waals surface area contributed by atoms with E-state index in [0.29, 0.717) is 25.3 Å². The summed E-state index contributed by atoms with van der Waals surface area (Å²) >= 11 is 5.78. The molecule has 1 N–H and O–H groups in total. The second-order valence-electron chi connectivity index (χ2n) is 7.84. The highest BCUT2D eigenvalue weighted by atomic mass is 35.5. The van der Waals surface area contributed by atoms with Gasteiger partial charge in [-0.25, -0.2) is 4.39 Å². The molecule has 2 aliphatic rings. The van der Waals surface area contributed by atoms with Crippen molar-refractivity contribution in [3.63, 3.8) is 0 Å². The number of benzene rings is 2. The molecule has 1 unspecified atom stereocenters. The number of amides is 2. The van der Waals surface area contributed by atoms with Crippen LogP contribution < -0.4 is 10.2 Å². The first-order chi connectivity index (χ1) is 14.4. The van der Waals surface area contributed by atoms with Crippen molar-refractivity contribution in [2.75, 3.05) is 24.7 Å². The molecule has 2 amide bonds. The predicted octanol–water partition coefficient (Wildman–Crippen LogP) is 4.29. The second kappa shape index (κ2) is 8.74. The van der Waals surface area contributed by atoms with E-state index in [4.69, 9.17) is 16.3 Å². The summed E-state index contributed by atoms with van der Waals surface area (Å²) in [6, 6.07) is 9.62. The zero-order chi connectivity index (χ0) is 21.3. The summed E-state index contributed by atoms with van der Waals surface area (Å²) in [7, 11) is 0. The molecule has 7 heteroatoms. The summed E-state index contributed by atoms with van der Waals surface area (Å²) in [5.41, 5.74) is 3.33. The van der Waals surface area contributed by atoms with Crippen molar-refractivity contribution in [2.45, 2.75) is 32.2 Å². The summed E-state index contributed by atoms with van der Waals surface area (Å²) in [5.74, 6) is -0.662. The normalized spacial score (nSPS) is 17.5. The van der Waals surface area contributed by atoms with E-state index in [1.54, 1.807) is 0 Å². The molecule has 2 aliphatic heterocycles. The molecule has 30 heavy (non-hydrogen) atoms. The van der Waals surface area contributed by atoms with Crippen molar-refractivity contribution >= 4 is 29.1 Å². The van der Waals surface area contributed by atoms with Crippen LogP contribution in [-0.4, -0.2) is 31.6 Å². The fraction of sp³-hybridized carbons (Fsp3) is 0.391. The Morgan fingerprint density at radius 3 is 2.70 bits per heavy atom. The van der Waals surface area contributed by atoms with E-state index in [9.17, 15) is 14.0 Å². The van der Waals surface area contributed by atoms with Gasteiger partial charge in [0.15, 0.2) is 0 Å². The summed E-state index contributed by atoms with van der Waals surface area (Å²) < 4.78 is 18.7. The number of carbonyl (C=O) groups is 2. The number of carbonyl (C=O) groups excluding carboxylic acids is 2. The van der Waals surface area contributed by atoms with Crippen LogP contribution in [0.3, 0.4) is 0 Å². The Morgan fingerprint density at radius 2 is 1.97 bits per heavy atom. The van der Waals surface area contributed by atoms with Gasteiger partial charge < -0.3 is 15.0 Å². The number of rotatable bonds is 4. The smallest absolute Gasteiger partial charge is 0.251 e. The first kappa shape index (κ1) is 20.8. The van der Waals surface area contributed by atoms with Crippen LogP contribution in [0.2, 0.25) is 5.02 Å². The fourth-order valence-electron chi connectivity index (χ4n) is 4.09. The highest BCUT2D eigenvalue weighted by Crippen LogP contribution is 2.33. The average molecular weight is 431 g/mol. The molecule has 1 fully saturated rings. The second-order valence-corrected chi connectivity index (χ2v) is 8.25. The molecular formula is C23H24ClFN2O3. The van der Waals surface area contributed by atoms with Crippen molar-refractivity contribution in [3.8, 4) is 0 Å². The Hall–Kier alpha value is -2.44. The van der Waals surface area contributed by atoms with Crippen molar-refractivity contribution in [1.82, 2.24) is 5.32 Å². The monoisotopic (exact) mass is 430 g/mol. The molecule has 1 atom stereocenters. The Labute approximate surface area is 180 Å². The molecule has 0 aliphatic carbocycles. The van der Waals surface area contributed by atoms with Crippen LogP contribution in [0.15, 0.2) is 36.4 Å². The van der Waals surface area contributed by atoms with Gasteiger partial charge in [0.05, 0.1) is 11.1 Å². The molecule has 2 aromatic rings. The molecule has 1 saturated heterocycles. The lowest BCUT2D eigenvalue weighted by Crippen LogP contribution is -2.37. The fourth-order valence-corrected chi connectivity index (χ4v) is 4.27. The van der Waals surface area contributed by atoms with Crippen LogP contribution in [0.25, 0.3) is 0 Å². The zero-order valence-electron chi connectivity index (χ0n) is 16.8. The summed E-state index contributed by atoms with van der Waals surface area (Å²) in [4.78, 5) is 27.3. The van der Waals surface area contributed by atoms with Crippen molar-refractivity contribution in [2.24, 2.45) is 5.92 Å². The van der Waals surface area contributed by atoms with Crippen LogP contribution in [0.5, 0.6) is 0 Å². The molecule has 0 saturated carbocycles. The maximum atomic E-state index is 13.3. The van der Waals surface area contributed by atoms with Crippen molar-refractivity contribution in [3.05, 3.63) is 63.9 Å². The van der Waals surface area contributed by atoms with Gasteiger partial charge in [-0.05, 0) is 61.6 Å². The van der Waals surface area contributed by atoms with E-state index in [1.807, 2.05) is 24.0 Å². The highest BCUT2D eigenvalue weighted by Gasteiger charge is 2.31. The number of fused-ring (bicyclic) bond motifs is 1. The van der Waals surface area contributed by atoms with Crippen LogP contribution in [0, 0.1) is 11.7 Å². The molecule has 0 spiro atoms. The third-order valence-corrected chi connectivity index (χ3v) is 6.15. The molecule has 5 nitrogen and oxygen atoms in total. The summed E-state index contributed by atoms with van der Waals surface area (Å²) in [6.45, 7) is 3.87. The lowest BCUT2D eigenvalue weighted by atomic mass is 9.98. The molecule has 2 aromatic carbocycles. The van der Waals surface area contributed by atoms with E-state index in [-0.39, 0.29) is 28.8 Å². The topological polar surface area (TPSA) is 58.6 Å². The third-order valence-electron chi connectivity index (χ3n) is 5.87. The molecule has 4 rings (SSSR count). The largest absolute Gasteiger partial charge is 0.381 e. The summed E-state index contributed by atoms with van der Waals surface area (Å²) in [5, 5.41) is 2.84. The van der Waals surface area contributed by atoms with Gasteiger partial charge in [0.1, 0.15) is 5.82 Å². The lowest BCUT2D eigenvalue weighted by molar-refractivity contribution is -0.125. The van der Waals surface area contributed by atoms with Gasteiger partial charge in [0.25, 0.3) is 5.91 Å². The van der Waals surface area contributed by atoms with Crippen LogP contribution in [-0.2, 0) is 16.0 Å². The van der Waals surface area contributed by atoms with Gasteiger partial charge >= 0.3 is 0 Å². The maximum absolute atomic E-state index is 13.3. The van der Waals surface area contributed by atoms with Gasteiger partial charge in [0, 0.05) is 36.9 Å². The van der Waals surface area contributed by atoms with E-state index in [2.05, 4.69) is 11.4 Å². The number of anilines is 1. The van der Waals surface area contributed by atoms with Crippen molar-refractivity contribution < 1.29 is 18.7 Å². The van der Waals surface area contributed by atoms with E-state index in [0.717, 1.165) is 36.1 Å². The van der Waals surface area contributed by atoms with Gasteiger partial charge in [-0.1, -0.05) is 23.7 Å². The Balaban J connectivity index is 1.45. The number of halogens is 2. The number of nitrogens with one attached hydrogen (secondary N) is 1. The van der Waals surface area contributed by atoms with E-state index in [1.165, 1.54) is 18.2 Å². The number of hydrogen-bond donors (Lipinski definition) is 1. The SMILES string of the molecule is CC(NC(=O)c1ccc(F)c(Cl)c1)c1ccc2c(c1)CCN2C(=O)C1CCOCC1. The quantitative estimate of drug-likeness (QED) is 0.787. The predicted molar refractivity (Wildman–Crippen MR) is 113 cm³/mol. The number of ether oxygens (including phenoxy) is 1. The van der Waals surface area contributed by atoms with Crippen molar-refractivity contribution in [1.29, 1.82) is 0 Å². The number of nitrogens with zero attached hydrogens (tertiary/aromatic N) is 1. The van der Waals surface area contributed by atoms with Gasteiger partial charge in [-0.15, -0.1) is 0 Å². The lowest BCUT2D eigenvalue weighted by Gasteiger charge is -2.27. The minimum absolute atomic E-state index is 0.0325. The number of hydrogen-bond acceptors (Lipinski definition) is 3. The molecule has 0 aromatic heterocycles. The summed E-state index contributed by atoms with van der Waals surface area (Å²) in [6.07, 6.45) is 2.35. The first-order valence-electron chi connectivity index (χ1n) is 10.2. The van der Waals surface area contributed by atoms with Crippen LogP contribution in [0.1, 0.15) is 47.3 Å². The molecule has 158 valence electrons. The van der Waals surface area contributed by atoms with Crippen LogP contribution >= 0.6 is 11.6 Å². The first-order valence-corrected chi connectivity index (χ1v) is 10.6. The highest BCUT2D eigenvalue weighted by molar-refractivity contribution is 6.31. The minimum atomic E-state index is -0.556. The Kier molecular flexibility index (Phi) is 6.06. The van der Waals surface area contributed by atoms with Gasteiger partial charge in [-0.3, -0.25) is 9.59 Å². The average Bonchev–Trinajstić information content (AvgIpc) is 3.19.